The molecule has 0 radical (unpaired) electrons. The van der Waals surface area contributed by atoms with Crippen LogP contribution in [0.25, 0.3) is 0 Å². The monoisotopic (exact) mass is 318 g/mol. The van der Waals surface area contributed by atoms with Crippen molar-refractivity contribution in [2.24, 2.45) is 5.41 Å². The Labute approximate surface area is 124 Å². The van der Waals surface area contributed by atoms with E-state index in [1.54, 1.807) is 14.0 Å². The van der Waals surface area contributed by atoms with E-state index in [0.29, 0.717) is 11.1 Å². The minimum absolute atomic E-state index is 0.0321. The van der Waals surface area contributed by atoms with Gasteiger partial charge in [0.2, 0.25) is 0 Å². The molecule has 20 heavy (non-hydrogen) atoms. The maximum Gasteiger partial charge on any atom is 0.305 e. The van der Waals surface area contributed by atoms with Crippen molar-refractivity contribution in [1.29, 1.82) is 0 Å². The van der Waals surface area contributed by atoms with Crippen LogP contribution in [-0.2, 0) is 10.0 Å². The van der Waals surface area contributed by atoms with Crippen molar-refractivity contribution in [3.05, 3.63) is 15.4 Å². The lowest BCUT2D eigenvalue weighted by Crippen LogP contribution is -2.40. The highest BCUT2D eigenvalue weighted by atomic mass is 32.2. The van der Waals surface area contributed by atoms with Crippen LogP contribution >= 0.6 is 11.3 Å². The second-order valence-electron chi connectivity index (χ2n) is 6.34. The average molecular weight is 318 g/mol. The lowest BCUT2D eigenvalue weighted by molar-refractivity contribution is 0.174. The summed E-state index contributed by atoms with van der Waals surface area (Å²) in [7, 11) is -1.94. The number of thiazole rings is 1. The van der Waals surface area contributed by atoms with Crippen LogP contribution in [0.2, 0.25) is 0 Å². The molecule has 0 amide bonds. The van der Waals surface area contributed by atoms with Crippen LogP contribution in [0, 0.1) is 12.3 Å². The molecule has 2 rings (SSSR count). The summed E-state index contributed by atoms with van der Waals surface area (Å²) in [5, 5.41) is 0. The first-order valence-electron chi connectivity index (χ1n) is 6.81. The number of sulfonamides is 1. The highest BCUT2D eigenvalue weighted by Gasteiger charge is 2.35. The second-order valence-corrected chi connectivity index (χ2v) is 9.52. The minimum atomic E-state index is -3.57. The van der Waals surface area contributed by atoms with Gasteiger partial charge in [0.1, 0.15) is 0 Å². The van der Waals surface area contributed by atoms with Crippen molar-refractivity contribution in [2.45, 2.75) is 56.7 Å². The highest BCUT2D eigenvalue weighted by molar-refractivity contribution is 7.91. The van der Waals surface area contributed by atoms with E-state index in [1.165, 1.54) is 4.31 Å². The van der Waals surface area contributed by atoms with Crippen molar-refractivity contribution < 1.29 is 8.42 Å². The number of hydrogen-bond donors (Lipinski definition) is 1. The van der Waals surface area contributed by atoms with Crippen LogP contribution in [0.5, 0.6) is 0 Å². The van der Waals surface area contributed by atoms with E-state index in [2.05, 4.69) is 18.8 Å². The zero-order valence-corrected chi connectivity index (χ0v) is 14.0. The van der Waals surface area contributed by atoms with Crippen LogP contribution < -0.4 is 4.87 Å². The molecule has 0 atom stereocenters. The molecular formula is C13H22N2O3S2. The summed E-state index contributed by atoms with van der Waals surface area (Å²) in [6.45, 7) is 6.07. The zero-order chi connectivity index (χ0) is 15.1. The Morgan fingerprint density at radius 1 is 1.30 bits per heavy atom. The molecule has 7 heteroatoms. The molecule has 1 aliphatic carbocycles. The largest absolute Gasteiger partial charge is 0.315 e. The van der Waals surface area contributed by atoms with Crippen LogP contribution in [0.4, 0.5) is 0 Å². The normalized spacial score (nSPS) is 20.4. The maximum absolute atomic E-state index is 12.6. The van der Waals surface area contributed by atoms with Crippen molar-refractivity contribution in [3.8, 4) is 0 Å². The molecule has 0 saturated heterocycles. The molecule has 114 valence electrons. The second kappa shape index (κ2) is 5.27. The number of rotatable bonds is 3. The van der Waals surface area contributed by atoms with Crippen molar-refractivity contribution in [1.82, 2.24) is 9.29 Å². The average Bonchev–Trinajstić information content (AvgIpc) is 2.68. The molecule has 1 aromatic heterocycles. The van der Waals surface area contributed by atoms with Gasteiger partial charge in [-0.3, -0.25) is 4.79 Å². The quantitative estimate of drug-likeness (QED) is 0.930. The van der Waals surface area contributed by atoms with Crippen LogP contribution in [-0.4, -0.2) is 30.8 Å². The molecule has 5 nitrogen and oxygen atoms in total. The van der Waals surface area contributed by atoms with Gasteiger partial charge in [-0.1, -0.05) is 25.2 Å². The fourth-order valence-electron chi connectivity index (χ4n) is 2.71. The standard InChI is InChI=1S/C13H22N2O3S2/c1-9-11(19-12(16)14-9)20(17,18)15(4)10-5-7-13(2,3)8-6-10/h10H,5-8H2,1-4H3,(H,14,16). The number of aryl methyl sites for hydroxylation is 1. The Balaban J connectivity index is 2.22. The van der Waals surface area contributed by atoms with Gasteiger partial charge in [0, 0.05) is 18.8 Å². The summed E-state index contributed by atoms with van der Waals surface area (Å²) in [4.78, 5) is 13.5. The Hall–Kier alpha value is -0.660. The fourth-order valence-corrected chi connectivity index (χ4v) is 5.59. The molecule has 1 heterocycles. The summed E-state index contributed by atoms with van der Waals surface area (Å²) in [5.41, 5.74) is 0.735. The van der Waals surface area contributed by atoms with E-state index in [-0.39, 0.29) is 15.1 Å². The summed E-state index contributed by atoms with van der Waals surface area (Å²) in [6, 6.07) is 0.0321. The highest BCUT2D eigenvalue weighted by Crippen LogP contribution is 2.38. The van der Waals surface area contributed by atoms with Crippen LogP contribution in [0.1, 0.15) is 45.2 Å². The summed E-state index contributed by atoms with van der Waals surface area (Å²) in [6.07, 6.45) is 3.81. The number of H-pyrrole nitrogens is 1. The third-order valence-corrected chi connectivity index (χ3v) is 7.71. The molecule has 0 unspecified atom stereocenters. The molecule has 0 bridgehead atoms. The molecule has 0 aliphatic heterocycles. The first-order valence-corrected chi connectivity index (χ1v) is 9.07. The van der Waals surface area contributed by atoms with Crippen molar-refractivity contribution >= 4 is 21.4 Å². The van der Waals surface area contributed by atoms with E-state index < -0.39 is 10.0 Å². The van der Waals surface area contributed by atoms with E-state index in [1.807, 2.05) is 0 Å². The van der Waals surface area contributed by atoms with Crippen molar-refractivity contribution in [2.75, 3.05) is 7.05 Å². The van der Waals surface area contributed by atoms with Crippen LogP contribution in [0.15, 0.2) is 9.00 Å². The third-order valence-electron chi connectivity index (χ3n) is 4.22. The summed E-state index contributed by atoms with van der Waals surface area (Å²) in [5.74, 6) is 0. The molecule has 0 spiro atoms. The van der Waals surface area contributed by atoms with Gasteiger partial charge in [-0.25, -0.2) is 8.42 Å². The lowest BCUT2D eigenvalue weighted by atomic mass is 9.76. The van der Waals surface area contributed by atoms with Gasteiger partial charge < -0.3 is 4.98 Å². The van der Waals surface area contributed by atoms with E-state index in [9.17, 15) is 13.2 Å². The predicted octanol–water partition coefficient (Wildman–Crippen LogP) is 2.33. The van der Waals surface area contributed by atoms with Gasteiger partial charge in [-0.15, -0.1) is 0 Å². The zero-order valence-electron chi connectivity index (χ0n) is 12.4. The van der Waals surface area contributed by atoms with Crippen LogP contribution in [0.3, 0.4) is 0 Å². The molecule has 0 aromatic carbocycles. The molecule has 1 aliphatic rings. The first kappa shape index (κ1) is 15.7. The molecule has 1 aromatic rings. The van der Waals surface area contributed by atoms with Crippen molar-refractivity contribution in [3.63, 3.8) is 0 Å². The number of nitrogens with zero attached hydrogens (tertiary/aromatic N) is 1. The fraction of sp³-hybridized carbons (Fsp3) is 0.769. The van der Waals surface area contributed by atoms with E-state index in [4.69, 9.17) is 0 Å². The Morgan fingerprint density at radius 2 is 1.85 bits per heavy atom. The molecule has 1 saturated carbocycles. The number of nitrogens with one attached hydrogen (secondary N) is 1. The minimum Gasteiger partial charge on any atom is -0.315 e. The summed E-state index contributed by atoms with van der Waals surface area (Å²) >= 11 is 0.773. The van der Waals surface area contributed by atoms with Gasteiger partial charge in [0.15, 0.2) is 4.21 Å². The molecule has 1 fully saturated rings. The topological polar surface area (TPSA) is 70.2 Å². The van der Waals surface area contributed by atoms with E-state index >= 15 is 0 Å². The predicted molar refractivity (Wildman–Crippen MR) is 80.7 cm³/mol. The number of aromatic nitrogens is 1. The Morgan fingerprint density at radius 3 is 2.30 bits per heavy atom. The molecule has 1 N–H and O–H groups in total. The Kier molecular flexibility index (Phi) is 4.15. The Bertz CT molecular complexity index is 633. The van der Waals surface area contributed by atoms with Gasteiger partial charge in [0.25, 0.3) is 10.0 Å². The van der Waals surface area contributed by atoms with E-state index in [0.717, 1.165) is 37.0 Å². The first-order chi connectivity index (χ1) is 9.13. The number of hydrogen-bond acceptors (Lipinski definition) is 4. The lowest BCUT2D eigenvalue weighted by Gasteiger charge is -2.37. The smallest absolute Gasteiger partial charge is 0.305 e. The van der Waals surface area contributed by atoms with Gasteiger partial charge in [-0.05, 0) is 38.0 Å². The van der Waals surface area contributed by atoms with Gasteiger partial charge in [-0.2, -0.15) is 4.31 Å². The maximum atomic E-state index is 12.6. The SMILES string of the molecule is Cc1[nH]c(=O)sc1S(=O)(=O)N(C)C1CCC(C)(C)CC1. The molecular weight excluding hydrogens is 296 g/mol. The third kappa shape index (κ3) is 2.99. The number of aromatic amines is 1. The van der Waals surface area contributed by atoms with Gasteiger partial charge in [0.05, 0.1) is 0 Å². The van der Waals surface area contributed by atoms with Gasteiger partial charge >= 0.3 is 4.87 Å². The summed E-state index contributed by atoms with van der Waals surface area (Å²) < 4.78 is 26.8.